The van der Waals surface area contributed by atoms with Crippen molar-refractivity contribution in [1.82, 2.24) is 19.8 Å². The standard InChI is InChI=1S/C23H23N5O3S2/c29-18-13-15(12-17-20(18)33-23(25-17)26-21(30)19-5-3-11-32-19)22(31)28-9-7-27(8-10-28)14-16-4-1-2-6-24-16/h1-6,11,15H,7-10,12-14H2,(H,25,26,30). The van der Waals surface area contributed by atoms with Crippen molar-refractivity contribution in [1.29, 1.82) is 0 Å². The summed E-state index contributed by atoms with van der Waals surface area (Å²) in [5.41, 5.74) is 1.64. The number of ketones is 1. The van der Waals surface area contributed by atoms with Crippen LogP contribution >= 0.6 is 22.7 Å². The van der Waals surface area contributed by atoms with Gasteiger partial charge in [0, 0.05) is 51.8 Å². The zero-order valence-corrected chi connectivity index (χ0v) is 19.5. The van der Waals surface area contributed by atoms with E-state index < -0.39 is 5.92 Å². The second-order valence-corrected chi connectivity index (χ2v) is 10.1. The van der Waals surface area contributed by atoms with Gasteiger partial charge in [-0.15, -0.1) is 11.3 Å². The van der Waals surface area contributed by atoms with Crippen LogP contribution in [0.2, 0.25) is 0 Å². The minimum absolute atomic E-state index is 0.0173. The molecular weight excluding hydrogens is 458 g/mol. The van der Waals surface area contributed by atoms with Crippen LogP contribution in [0.3, 0.4) is 0 Å². The smallest absolute Gasteiger partial charge is 0.267 e. The first-order valence-corrected chi connectivity index (χ1v) is 12.6. The van der Waals surface area contributed by atoms with Crippen molar-refractivity contribution < 1.29 is 14.4 Å². The second kappa shape index (κ2) is 9.50. The van der Waals surface area contributed by atoms with Gasteiger partial charge in [-0.3, -0.25) is 29.6 Å². The molecule has 0 aromatic carbocycles. The van der Waals surface area contributed by atoms with Crippen LogP contribution in [0.15, 0.2) is 41.9 Å². The zero-order valence-electron chi connectivity index (χ0n) is 17.9. The van der Waals surface area contributed by atoms with Gasteiger partial charge in [0.05, 0.1) is 27.1 Å². The van der Waals surface area contributed by atoms with Crippen LogP contribution in [0.1, 0.15) is 37.2 Å². The lowest BCUT2D eigenvalue weighted by molar-refractivity contribution is -0.137. The van der Waals surface area contributed by atoms with Crippen LogP contribution in [0.25, 0.3) is 0 Å². The highest BCUT2D eigenvalue weighted by atomic mass is 32.1. The topological polar surface area (TPSA) is 95.5 Å². The normalized spacial score (nSPS) is 18.7. The number of piperazine rings is 1. The number of thiazole rings is 1. The van der Waals surface area contributed by atoms with E-state index in [-0.39, 0.29) is 24.0 Å². The molecule has 3 aromatic heterocycles. The Balaban J connectivity index is 1.19. The van der Waals surface area contributed by atoms with Gasteiger partial charge in [-0.1, -0.05) is 23.5 Å². The maximum Gasteiger partial charge on any atom is 0.267 e. The monoisotopic (exact) mass is 481 g/mol. The molecule has 1 fully saturated rings. The molecule has 2 amide bonds. The number of nitrogens with one attached hydrogen (secondary N) is 1. The third-order valence-corrected chi connectivity index (χ3v) is 7.86. The average Bonchev–Trinajstić information content (AvgIpc) is 3.50. The van der Waals surface area contributed by atoms with Gasteiger partial charge in [-0.2, -0.15) is 0 Å². The Bertz CT molecular complexity index is 1150. The zero-order chi connectivity index (χ0) is 22.8. The summed E-state index contributed by atoms with van der Waals surface area (Å²) in [6.07, 6.45) is 2.42. The number of rotatable bonds is 5. The molecule has 1 aliphatic heterocycles. The first kappa shape index (κ1) is 21.9. The molecule has 0 saturated carbocycles. The quantitative estimate of drug-likeness (QED) is 0.602. The number of Topliss-reactive ketones (excluding diaryl/α,β-unsaturated/α-hetero) is 1. The van der Waals surface area contributed by atoms with E-state index in [1.54, 1.807) is 12.3 Å². The van der Waals surface area contributed by atoms with Gasteiger partial charge in [-0.05, 0) is 23.6 Å². The van der Waals surface area contributed by atoms with E-state index in [9.17, 15) is 14.4 Å². The number of carbonyl (C=O) groups excluding carboxylic acids is 3. The highest BCUT2D eigenvalue weighted by molar-refractivity contribution is 7.18. The Morgan fingerprint density at radius 1 is 1.09 bits per heavy atom. The van der Waals surface area contributed by atoms with E-state index in [2.05, 4.69) is 20.2 Å². The summed E-state index contributed by atoms with van der Waals surface area (Å²) in [4.78, 5) is 52.4. The number of fused-ring (bicyclic) bond motifs is 1. The van der Waals surface area contributed by atoms with E-state index in [0.717, 1.165) is 25.3 Å². The van der Waals surface area contributed by atoms with Gasteiger partial charge in [0.1, 0.15) is 0 Å². The summed E-state index contributed by atoms with van der Waals surface area (Å²) in [6.45, 7) is 3.62. The lowest BCUT2D eigenvalue weighted by Crippen LogP contribution is -2.50. The van der Waals surface area contributed by atoms with Crippen molar-refractivity contribution in [2.24, 2.45) is 5.92 Å². The van der Waals surface area contributed by atoms with Gasteiger partial charge in [0.2, 0.25) is 5.91 Å². The number of hydrogen-bond acceptors (Lipinski definition) is 8. The average molecular weight is 482 g/mol. The van der Waals surface area contributed by atoms with Crippen molar-refractivity contribution in [3.63, 3.8) is 0 Å². The van der Waals surface area contributed by atoms with Crippen LogP contribution in [0, 0.1) is 5.92 Å². The minimum Gasteiger partial charge on any atom is -0.340 e. The molecule has 1 aliphatic carbocycles. The van der Waals surface area contributed by atoms with Crippen molar-refractivity contribution >= 4 is 45.4 Å². The predicted octanol–water partition coefficient (Wildman–Crippen LogP) is 2.94. The van der Waals surface area contributed by atoms with Crippen LogP contribution in [-0.4, -0.2) is 63.5 Å². The van der Waals surface area contributed by atoms with Gasteiger partial charge < -0.3 is 4.90 Å². The molecule has 4 heterocycles. The summed E-state index contributed by atoms with van der Waals surface area (Å²) in [5.74, 6) is -0.684. The molecule has 0 radical (unpaired) electrons. The Morgan fingerprint density at radius 3 is 2.67 bits per heavy atom. The molecule has 0 spiro atoms. The molecule has 1 saturated heterocycles. The second-order valence-electron chi connectivity index (χ2n) is 8.18. The Hall–Kier alpha value is -2.95. The molecule has 170 valence electrons. The molecule has 8 nitrogen and oxygen atoms in total. The minimum atomic E-state index is -0.393. The van der Waals surface area contributed by atoms with E-state index in [1.165, 1.54) is 22.7 Å². The SMILES string of the molecule is O=C(Nc1nc2c(s1)C(=O)CC(C(=O)N1CCN(Cc3ccccn3)CC1)C2)c1cccs1. The van der Waals surface area contributed by atoms with E-state index in [0.29, 0.717) is 40.1 Å². The largest absolute Gasteiger partial charge is 0.340 e. The fourth-order valence-electron chi connectivity index (χ4n) is 4.23. The highest BCUT2D eigenvalue weighted by Crippen LogP contribution is 2.33. The number of aromatic nitrogens is 2. The molecule has 1 unspecified atom stereocenters. The molecule has 0 bridgehead atoms. The molecule has 1 atom stereocenters. The number of carbonyl (C=O) groups is 3. The van der Waals surface area contributed by atoms with Gasteiger partial charge >= 0.3 is 0 Å². The van der Waals surface area contributed by atoms with E-state index >= 15 is 0 Å². The van der Waals surface area contributed by atoms with Crippen LogP contribution < -0.4 is 5.32 Å². The molecular formula is C23H23N5O3S2. The van der Waals surface area contributed by atoms with Crippen LogP contribution in [0.5, 0.6) is 0 Å². The van der Waals surface area contributed by atoms with Gasteiger partial charge in [0.25, 0.3) is 5.91 Å². The maximum absolute atomic E-state index is 13.2. The fraction of sp³-hybridized carbons (Fsp3) is 0.348. The van der Waals surface area contributed by atoms with Crippen molar-refractivity contribution in [2.45, 2.75) is 19.4 Å². The lowest BCUT2D eigenvalue weighted by Gasteiger charge is -2.36. The van der Waals surface area contributed by atoms with Crippen molar-refractivity contribution in [3.8, 4) is 0 Å². The summed E-state index contributed by atoms with van der Waals surface area (Å²) >= 11 is 2.54. The van der Waals surface area contributed by atoms with Crippen molar-refractivity contribution in [3.05, 3.63) is 63.1 Å². The number of amides is 2. The number of pyridine rings is 1. The molecule has 33 heavy (non-hydrogen) atoms. The fourth-order valence-corrected chi connectivity index (χ4v) is 5.79. The lowest BCUT2D eigenvalue weighted by atomic mass is 9.88. The molecule has 1 N–H and O–H groups in total. The Kier molecular flexibility index (Phi) is 6.30. The number of nitrogens with zero attached hydrogens (tertiary/aromatic N) is 4. The third kappa shape index (κ3) is 4.87. The van der Waals surface area contributed by atoms with Gasteiger partial charge in [0.15, 0.2) is 10.9 Å². The first-order chi connectivity index (χ1) is 16.1. The molecule has 2 aliphatic rings. The molecule has 10 heteroatoms. The first-order valence-electron chi connectivity index (χ1n) is 10.9. The van der Waals surface area contributed by atoms with Crippen LogP contribution in [-0.2, 0) is 17.8 Å². The molecule has 3 aromatic rings. The van der Waals surface area contributed by atoms with Crippen molar-refractivity contribution in [2.75, 3.05) is 31.5 Å². The summed E-state index contributed by atoms with van der Waals surface area (Å²) in [5, 5.41) is 5.01. The third-order valence-electron chi connectivity index (χ3n) is 5.93. The summed E-state index contributed by atoms with van der Waals surface area (Å²) < 4.78 is 0. The van der Waals surface area contributed by atoms with Crippen LogP contribution in [0.4, 0.5) is 5.13 Å². The highest BCUT2D eigenvalue weighted by Gasteiger charge is 2.36. The Morgan fingerprint density at radius 2 is 1.94 bits per heavy atom. The number of hydrogen-bond donors (Lipinski definition) is 1. The number of anilines is 1. The maximum atomic E-state index is 13.2. The summed E-state index contributed by atoms with van der Waals surface area (Å²) in [7, 11) is 0. The predicted molar refractivity (Wildman–Crippen MR) is 127 cm³/mol. The molecule has 5 rings (SSSR count). The summed E-state index contributed by atoms with van der Waals surface area (Å²) in [6, 6.07) is 9.44. The van der Waals surface area contributed by atoms with E-state index in [4.69, 9.17) is 0 Å². The number of thiophene rings is 1. The van der Waals surface area contributed by atoms with Gasteiger partial charge in [-0.25, -0.2) is 4.98 Å². The Labute approximate surface area is 199 Å². The van der Waals surface area contributed by atoms with E-state index in [1.807, 2.05) is 34.5 Å².